The maximum atomic E-state index is 4.95. The summed E-state index contributed by atoms with van der Waals surface area (Å²) in [6.45, 7) is 8.88. The third-order valence-corrected chi connectivity index (χ3v) is 25.9. The van der Waals surface area contributed by atoms with Crippen molar-refractivity contribution in [2.45, 2.75) is 19.3 Å². The van der Waals surface area contributed by atoms with Crippen molar-refractivity contribution in [1.82, 2.24) is 53.6 Å². The van der Waals surface area contributed by atoms with Gasteiger partial charge in [0.2, 0.25) is 0 Å². The van der Waals surface area contributed by atoms with Crippen LogP contribution in [0, 0.1) is 25.5 Å². The van der Waals surface area contributed by atoms with E-state index in [1.54, 1.807) is 0 Å². The summed E-state index contributed by atoms with van der Waals surface area (Å²) in [5.41, 5.74) is 29.9. The zero-order valence-corrected chi connectivity index (χ0v) is 78.2. The Morgan fingerprint density at radius 1 is 0.261 bits per heavy atom. The largest absolute Gasteiger partial charge is 2.00 e. The standard InChI is InChI=1S/C42H27N3.C32H16N8.C23H20N2.C19H14N2.Cu.2Ir/c1-7-19-37-31(13-1)32-14-2-8-20-38(32)43(37)28-25-29(44-39-21-9-3-15-33(39)34-16-4-10-22-40(34)44)27-30(26-28)45-41-23-11-5-17-35(41)36-18-6-12-24-42(36)45;1-2-10-18-17(9-1)25-33-26(18)38-28-21-13-5-6-14-22(21)30(35-28)40-32-24-16-8-7-15-23(24)31(36-32)39-29-20-12-4-3-11-19(20)27(34-29)37-25;1-23(2)19-9-5-4-8-17(19)18-13-12-16(14-20(18)23)25-15-24(3)21-10-6-7-11-22(21)25;1-3-9-16(10-4-1)20-15-21(17-11-5-2-6-12-17)19-14-8-7-13-18(19)20;;;/h1-27H;1-16H;4-11,13-15H,1-3H3;1-11,13-15H;;;/q;3*-2;+2;;. The van der Waals surface area contributed by atoms with Crippen molar-refractivity contribution in [1.29, 1.82) is 0 Å². The molecule has 649 valence electrons. The normalized spacial score (nSPS) is 12.8. The van der Waals surface area contributed by atoms with Crippen molar-refractivity contribution in [2.75, 3.05) is 26.6 Å². The molecule has 134 heavy (non-hydrogen) atoms. The zero-order chi connectivity index (χ0) is 86.9. The first-order valence-electron chi connectivity index (χ1n) is 44.0. The molecule has 4 aliphatic heterocycles. The molecule has 8 bridgehead atoms. The van der Waals surface area contributed by atoms with Gasteiger partial charge >= 0.3 is 17.1 Å². The van der Waals surface area contributed by atoms with Crippen LogP contribution in [0.4, 0.5) is 39.8 Å². The Kier molecular flexibility index (Phi) is 21.6. The molecule has 1 aliphatic carbocycles. The fraction of sp³-hybridized carbons (Fsp3) is 0.0345. The maximum Gasteiger partial charge on any atom is 2.00 e. The topological polar surface area (TPSA) is 133 Å². The van der Waals surface area contributed by atoms with Gasteiger partial charge < -0.3 is 63.2 Å². The van der Waals surface area contributed by atoms with E-state index in [1.165, 1.54) is 110 Å². The smallest absolute Gasteiger partial charge is 0.504 e. The van der Waals surface area contributed by atoms with Crippen LogP contribution in [0.5, 0.6) is 0 Å². The number of para-hydroxylation sites is 12. The summed E-state index contributed by atoms with van der Waals surface area (Å²) in [7, 11) is 2.09. The van der Waals surface area contributed by atoms with Crippen LogP contribution in [0.3, 0.4) is 0 Å². The van der Waals surface area contributed by atoms with E-state index in [2.05, 4.69) is 359 Å². The fourth-order valence-electron chi connectivity index (χ4n) is 19.9. The molecule has 0 unspecified atom stereocenters. The van der Waals surface area contributed by atoms with E-state index >= 15 is 0 Å². The molecule has 18 heteroatoms. The number of nitrogens with zero attached hydrogens (tertiary/aromatic N) is 15. The number of rotatable bonds is 6. The molecule has 0 fully saturated rings. The molecular weight excluding hydrogens is 2050 g/mol. The summed E-state index contributed by atoms with van der Waals surface area (Å²) in [6, 6.07) is 147. The molecule has 28 rings (SSSR count). The second kappa shape index (κ2) is 34.3. The minimum atomic E-state index is 0. The van der Waals surface area contributed by atoms with Crippen LogP contribution in [0.1, 0.15) is 25.0 Å². The fourth-order valence-corrected chi connectivity index (χ4v) is 19.9. The molecule has 15 nitrogen and oxygen atoms in total. The van der Waals surface area contributed by atoms with Crippen LogP contribution in [-0.4, -0.2) is 50.7 Å². The number of aromatic nitrogens is 11. The molecule has 0 amide bonds. The van der Waals surface area contributed by atoms with Gasteiger partial charge in [-0.25, -0.2) is 9.97 Å². The third-order valence-electron chi connectivity index (χ3n) is 25.9. The Balaban J connectivity index is 0.000000108. The number of fused-ring (bicyclic) bond motifs is 34. The zero-order valence-electron chi connectivity index (χ0n) is 72.4. The first-order chi connectivity index (χ1) is 64.6. The van der Waals surface area contributed by atoms with Gasteiger partial charge in [0.05, 0.1) is 73.5 Å². The van der Waals surface area contributed by atoms with E-state index in [9.17, 15) is 0 Å². The summed E-state index contributed by atoms with van der Waals surface area (Å²) < 4.78 is 7.29. The number of hydrogen-bond acceptors (Lipinski definition) is 10. The summed E-state index contributed by atoms with van der Waals surface area (Å²) in [4.78, 5) is 48.0. The second-order valence-corrected chi connectivity index (χ2v) is 33.8. The number of anilines is 7. The Morgan fingerprint density at radius 2 is 0.575 bits per heavy atom. The van der Waals surface area contributed by atoms with Gasteiger partial charge in [-0.15, -0.1) is 35.2 Å². The van der Waals surface area contributed by atoms with Crippen LogP contribution in [0.25, 0.3) is 183 Å². The molecular formula is C116H77CuIr2N15-4. The SMILES string of the molecule is CN1[CH-]N(c2[c-]cc3c(c2)C(C)(C)c2ccccc2-3)c2ccccc21.[Cu+2].[Ir].[Ir].[c-]1ccccc1N1[CH-]N(c2ccccc2)c2ccccc21.c1ccc2c(c1)-c1nc-2nc2[n-]c(nc3nc(nc4[n-]c(n1)c1ccccc41)-c1ccccc1-3)c1ccccc21.c1ccc2c(c1)c1ccccc1n2-c1cc(-n2c3ccccc3c3ccccc32)cc(-n2c3ccccc3c3ccccc32)c1. The maximum absolute atomic E-state index is 4.95. The Bertz CT molecular complexity index is 7900. The van der Waals surface area contributed by atoms with Crippen molar-refractivity contribution in [2.24, 2.45) is 0 Å². The van der Waals surface area contributed by atoms with Gasteiger partial charge in [-0.2, -0.15) is 49.1 Å². The molecule has 0 atom stereocenters. The number of benzene rings is 17. The van der Waals surface area contributed by atoms with Crippen molar-refractivity contribution >= 4 is 149 Å². The molecule has 3 radical (unpaired) electrons. The summed E-state index contributed by atoms with van der Waals surface area (Å²) >= 11 is 0. The van der Waals surface area contributed by atoms with Gasteiger partial charge in [0.1, 0.15) is 0 Å². The van der Waals surface area contributed by atoms with E-state index in [-0.39, 0.29) is 62.7 Å². The molecule has 6 aromatic heterocycles. The van der Waals surface area contributed by atoms with Gasteiger partial charge in [0.25, 0.3) is 0 Å². The molecule has 0 spiro atoms. The van der Waals surface area contributed by atoms with Crippen molar-refractivity contribution in [3.63, 3.8) is 0 Å². The van der Waals surface area contributed by atoms with Gasteiger partial charge in [-0.1, -0.05) is 292 Å². The van der Waals surface area contributed by atoms with Crippen molar-refractivity contribution in [3.8, 4) is 73.7 Å². The van der Waals surface area contributed by atoms with E-state index in [4.69, 9.17) is 39.9 Å². The molecule has 23 aromatic rings. The second-order valence-electron chi connectivity index (χ2n) is 33.8. The van der Waals surface area contributed by atoms with Gasteiger partial charge in [-0.05, 0) is 131 Å². The summed E-state index contributed by atoms with van der Waals surface area (Å²) in [5, 5.41) is 11.1. The van der Waals surface area contributed by atoms with Crippen LogP contribution >= 0.6 is 0 Å². The first kappa shape index (κ1) is 84.1. The van der Waals surface area contributed by atoms with Crippen LogP contribution < -0.4 is 29.6 Å². The molecule has 0 N–H and O–H groups in total. The molecule has 0 saturated heterocycles. The molecule has 10 heterocycles. The average molecular weight is 2130 g/mol. The van der Waals surface area contributed by atoms with E-state index in [0.29, 0.717) is 45.9 Å². The Hall–Kier alpha value is -15.5. The molecule has 17 aromatic carbocycles. The van der Waals surface area contributed by atoms with Crippen LogP contribution in [0.15, 0.2) is 400 Å². The van der Waals surface area contributed by atoms with Gasteiger partial charge in [0, 0.05) is 146 Å². The Morgan fingerprint density at radius 3 is 0.963 bits per heavy atom. The van der Waals surface area contributed by atoms with Gasteiger partial charge in [-0.3, -0.25) is 0 Å². The van der Waals surface area contributed by atoms with Crippen LogP contribution in [0.2, 0.25) is 0 Å². The van der Waals surface area contributed by atoms with E-state index < -0.39 is 0 Å². The summed E-state index contributed by atoms with van der Waals surface area (Å²) in [5.74, 6) is 2.21. The summed E-state index contributed by atoms with van der Waals surface area (Å²) in [6.07, 6.45) is 0. The van der Waals surface area contributed by atoms with E-state index in [1.807, 2.05) is 121 Å². The van der Waals surface area contributed by atoms with Crippen molar-refractivity contribution in [3.05, 3.63) is 437 Å². The van der Waals surface area contributed by atoms with Gasteiger partial charge in [0.15, 0.2) is 0 Å². The molecule has 0 saturated carbocycles. The Labute approximate surface area is 810 Å². The van der Waals surface area contributed by atoms with E-state index in [0.717, 1.165) is 77.9 Å². The van der Waals surface area contributed by atoms with Crippen LogP contribution in [-0.2, 0) is 62.7 Å². The number of hydrogen-bond donors (Lipinski definition) is 0. The van der Waals surface area contributed by atoms with Crippen molar-refractivity contribution < 1.29 is 57.3 Å². The minimum Gasteiger partial charge on any atom is -0.504 e. The predicted molar refractivity (Wildman–Crippen MR) is 534 cm³/mol. The average Bonchev–Trinajstić information content (AvgIpc) is 1.56. The minimum absolute atomic E-state index is 0. The third kappa shape index (κ3) is 14.1. The monoisotopic (exact) mass is 2130 g/mol. The predicted octanol–water partition coefficient (Wildman–Crippen LogP) is 27.5. The quantitative estimate of drug-likeness (QED) is 0.116. The first-order valence-corrected chi connectivity index (χ1v) is 44.0. The molecule has 5 aliphatic rings.